The molecule has 2 aromatic rings. The van der Waals surface area contributed by atoms with Gasteiger partial charge in [0, 0.05) is 12.2 Å². The van der Waals surface area contributed by atoms with Crippen molar-refractivity contribution in [3.8, 4) is 0 Å². The van der Waals surface area contributed by atoms with Gasteiger partial charge in [-0.2, -0.15) is 0 Å². The lowest BCUT2D eigenvalue weighted by Gasteiger charge is -2.29. The van der Waals surface area contributed by atoms with Crippen LogP contribution in [0.4, 0.5) is 11.4 Å². The molecule has 2 atom stereocenters. The van der Waals surface area contributed by atoms with Gasteiger partial charge >= 0.3 is 0 Å². The van der Waals surface area contributed by atoms with Crippen molar-refractivity contribution in [3.63, 3.8) is 0 Å². The Labute approximate surface area is 164 Å². The zero-order chi connectivity index (χ0) is 18.3. The number of amides is 1. The number of nitrogens with zero attached hydrogens (tertiary/aromatic N) is 2. The number of hydrogen-bond donors (Lipinski definition) is 2. The first-order valence-corrected chi connectivity index (χ1v) is 9.73. The van der Waals surface area contributed by atoms with Gasteiger partial charge in [0.1, 0.15) is 0 Å². The van der Waals surface area contributed by atoms with Crippen LogP contribution in [-0.4, -0.2) is 53.1 Å². The van der Waals surface area contributed by atoms with E-state index in [0.717, 1.165) is 0 Å². The van der Waals surface area contributed by atoms with E-state index in [1.165, 1.54) is 11.3 Å². The summed E-state index contributed by atoms with van der Waals surface area (Å²) in [7, 11) is 0. The molecule has 9 heteroatoms. The second-order valence-corrected chi connectivity index (χ2v) is 7.72. The quantitative estimate of drug-likeness (QED) is 0.760. The normalized spacial score (nSPS) is 22.5. The van der Waals surface area contributed by atoms with Crippen LogP contribution in [0.1, 0.15) is 9.67 Å². The van der Waals surface area contributed by atoms with E-state index in [1.807, 2.05) is 16.3 Å². The second kappa shape index (κ2) is 7.13. The molecule has 6 nitrogen and oxygen atoms in total. The number of rotatable bonds is 3. The molecule has 1 aromatic carbocycles. The molecule has 1 aromatic heterocycles. The number of aliphatic hydroxyl groups excluding tert-OH is 1. The zero-order valence-corrected chi connectivity index (χ0v) is 16.0. The Morgan fingerprint density at radius 3 is 2.96 bits per heavy atom. The monoisotopic (exact) mass is 409 g/mol. The minimum atomic E-state index is -0.827. The molecule has 136 valence electrons. The maximum Gasteiger partial charge on any atom is 0.265 e. The summed E-state index contributed by atoms with van der Waals surface area (Å²) in [6.07, 6.45) is -0.827. The molecule has 2 aliphatic heterocycles. The van der Waals surface area contributed by atoms with Crippen LogP contribution in [0.15, 0.2) is 35.7 Å². The molecule has 26 heavy (non-hydrogen) atoms. The summed E-state index contributed by atoms with van der Waals surface area (Å²) < 4.78 is 5.45. The van der Waals surface area contributed by atoms with E-state index in [1.54, 1.807) is 29.2 Å². The minimum absolute atomic E-state index is 0.185. The average Bonchev–Trinajstić information content (AvgIpc) is 3.25. The summed E-state index contributed by atoms with van der Waals surface area (Å²) in [5, 5.41) is 16.3. The lowest BCUT2D eigenvalue weighted by molar-refractivity contribution is -0.00746. The van der Waals surface area contributed by atoms with Gasteiger partial charge < -0.3 is 20.1 Å². The molecule has 0 radical (unpaired) electrons. The largest absolute Gasteiger partial charge is 0.377 e. The molecule has 2 fully saturated rings. The summed E-state index contributed by atoms with van der Waals surface area (Å²) in [6.45, 7) is 1.65. The van der Waals surface area contributed by atoms with Crippen LogP contribution in [0, 0.1) is 0 Å². The second-order valence-electron chi connectivity index (χ2n) is 6.00. The van der Waals surface area contributed by atoms with E-state index < -0.39 is 6.23 Å². The van der Waals surface area contributed by atoms with E-state index in [0.29, 0.717) is 46.1 Å². The Kier molecular flexibility index (Phi) is 4.85. The predicted molar refractivity (Wildman–Crippen MR) is 106 cm³/mol. The first-order valence-electron chi connectivity index (χ1n) is 8.06. The number of fused-ring (bicyclic) bond motifs is 1. The zero-order valence-electron chi connectivity index (χ0n) is 13.6. The van der Waals surface area contributed by atoms with Gasteiger partial charge in [-0.15, -0.1) is 11.3 Å². The van der Waals surface area contributed by atoms with Gasteiger partial charge in [-0.25, -0.2) is 0 Å². The lowest BCUT2D eigenvalue weighted by atomic mass is 10.2. The SMILES string of the molecule is O=C(Nc1ccc(N2C(=S)N3CCOCC3C2O)c(Cl)c1)c1cccs1. The van der Waals surface area contributed by atoms with Crippen LogP contribution in [0.25, 0.3) is 0 Å². The standard InChI is InChI=1S/C17H16ClN3O3S2/c18-11-8-10(19-15(22)14-2-1-7-26-14)3-4-12(11)21-16(23)13-9-24-6-5-20(13)17(21)25/h1-4,7-8,13,16,23H,5-6,9H2,(H,19,22). The molecular weight excluding hydrogens is 394 g/mol. The van der Waals surface area contributed by atoms with Crippen LogP contribution in [0.3, 0.4) is 0 Å². The number of anilines is 2. The molecule has 0 saturated carbocycles. The molecule has 0 bridgehead atoms. The molecule has 3 heterocycles. The molecule has 2 aliphatic rings. The minimum Gasteiger partial charge on any atom is -0.377 e. The van der Waals surface area contributed by atoms with Crippen LogP contribution >= 0.6 is 35.2 Å². The van der Waals surface area contributed by atoms with Gasteiger partial charge in [-0.05, 0) is 41.9 Å². The molecule has 2 unspecified atom stereocenters. The van der Waals surface area contributed by atoms with E-state index in [4.69, 9.17) is 28.6 Å². The van der Waals surface area contributed by atoms with E-state index >= 15 is 0 Å². The molecule has 1 amide bonds. The topological polar surface area (TPSA) is 65.0 Å². The van der Waals surface area contributed by atoms with Crippen molar-refractivity contribution in [1.29, 1.82) is 0 Å². The molecule has 0 spiro atoms. The third-order valence-electron chi connectivity index (χ3n) is 4.44. The van der Waals surface area contributed by atoms with Crippen molar-refractivity contribution >= 4 is 57.5 Å². The van der Waals surface area contributed by atoms with Crippen LogP contribution < -0.4 is 10.2 Å². The van der Waals surface area contributed by atoms with Gasteiger partial charge in [0.25, 0.3) is 5.91 Å². The average molecular weight is 410 g/mol. The first-order chi connectivity index (χ1) is 12.6. The number of nitrogens with one attached hydrogen (secondary N) is 1. The fraction of sp³-hybridized carbons (Fsp3) is 0.294. The van der Waals surface area contributed by atoms with Crippen molar-refractivity contribution in [3.05, 3.63) is 45.6 Å². The molecule has 4 rings (SSSR count). The third-order valence-corrected chi connectivity index (χ3v) is 6.04. The lowest BCUT2D eigenvalue weighted by Crippen LogP contribution is -2.46. The van der Waals surface area contributed by atoms with Gasteiger partial charge in [-0.3, -0.25) is 9.69 Å². The Bertz CT molecular complexity index is 846. The number of ether oxygens (including phenoxy) is 1. The number of thiocarbonyl (C=S) groups is 1. The maximum absolute atomic E-state index is 12.2. The number of halogens is 1. The summed E-state index contributed by atoms with van der Waals surface area (Å²) in [5.41, 5.74) is 1.19. The van der Waals surface area contributed by atoms with E-state index in [9.17, 15) is 9.90 Å². The van der Waals surface area contributed by atoms with Crippen LogP contribution in [0.5, 0.6) is 0 Å². The van der Waals surface area contributed by atoms with Crippen LogP contribution in [0.2, 0.25) is 5.02 Å². The van der Waals surface area contributed by atoms with Crippen molar-refractivity contribution < 1.29 is 14.6 Å². The highest BCUT2D eigenvalue weighted by Gasteiger charge is 2.45. The predicted octanol–water partition coefficient (Wildman–Crippen LogP) is 2.78. The van der Waals surface area contributed by atoms with Gasteiger partial charge in [-0.1, -0.05) is 17.7 Å². The van der Waals surface area contributed by atoms with Gasteiger partial charge in [0.15, 0.2) is 11.3 Å². The van der Waals surface area contributed by atoms with Crippen molar-refractivity contribution in [2.75, 3.05) is 30.0 Å². The Morgan fingerprint density at radius 1 is 1.42 bits per heavy atom. The summed E-state index contributed by atoms with van der Waals surface area (Å²) in [6, 6.07) is 8.53. The first kappa shape index (κ1) is 17.7. The number of carbonyl (C=O) groups excluding carboxylic acids is 1. The van der Waals surface area contributed by atoms with Crippen molar-refractivity contribution in [2.24, 2.45) is 0 Å². The number of hydrogen-bond acceptors (Lipinski definition) is 5. The summed E-state index contributed by atoms with van der Waals surface area (Å²) >= 11 is 13.3. The van der Waals surface area contributed by atoms with E-state index in [-0.39, 0.29) is 11.9 Å². The summed E-state index contributed by atoms with van der Waals surface area (Å²) in [4.78, 5) is 16.4. The fourth-order valence-corrected chi connectivity index (χ4v) is 4.48. The highest BCUT2D eigenvalue weighted by molar-refractivity contribution is 7.80. The smallest absolute Gasteiger partial charge is 0.265 e. The molecular formula is C17H16ClN3O3S2. The number of aliphatic hydroxyl groups is 1. The number of benzene rings is 1. The van der Waals surface area contributed by atoms with Gasteiger partial charge in [0.2, 0.25) is 0 Å². The highest BCUT2D eigenvalue weighted by Crippen LogP contribution is 2.36. The number of thiophene rings is 1. The highest BCUT2D eigenvalue weighted by atomic mass is 35.5. The van der Waals surface area contributed by atoms with Crippen LogP contribution in [-0.2, 0) is 4.74 Å². The number of carbonyl (C=O) groups is 1. The van der Waals surface area contributed by atoms with E-state index in [2.05, 4.69) is 5.32 Å². The Hall–Kier alpha value is -1.71. The Morgan fingerprint density at radius 2 is 2.27 bits per heavy atom. The number of morpholine rings is 1. The van der Waals surface area contributed by atoms with Gasteiger partial charge in [0.05, 0.1) is 34.8 Å². The molecule has 2 saturated heterocycles. The fourth-order valence-electron chi connectivity index (χ4n) is 3.16. The maximum atomic E-state index is 12.2. The third kappa shape index (κ3) is 3.08. The Balaban J connectivity index is 1.56. The molecule has 2 N–H and O–H groups in total. The van der Waals surface area contributed by atoms with Crippen molar-refractivity contribution in [2.45, 2.75) is 12.3 Å². The van der Waals surface area contributed by atoms with Crippen molar-refractivity contribution in [1.82, 2.24) is 4.90 Å². The summed E-state index contributed by atoms with van der Waals surface area (Å²) in [5.74, 6) is -0.185. The molecule has 0 aliphatic carbocycles.